The minimum absolute atomic E-state index is 0.619. The summed E-state index contributed by atoms with van der Waals surface area (Å²) in [5, 5.41) is 0. The third-order valence-corrected chi connectivity index (χ3v) is 17.0. The Labute approximate surface area is 215 Å². The summed E-state index contributed by atoms with van der Waals surface area (Å²) >= 11 is 0. The van der Waals surface area contributed by atoms with Crippen molar-refractivity contribution in [2.45, 2.75) is 203 Å². The van der Waals surface area contributed by atoms with Crippen LogP contribution in [0.2, 0.25) is 16.6 Å². The van der Waals surface area contributed by atoms with Crippen LogP contribution < -0.4 is 0 Å². The van der Waals surface area contributed by atoms with E-state index in [1.165, 1.54) is 180 Å². The van der Waals surface area contributed by atoms with Crippen LogP contribution in [0.4, 0.5) is 0 Å². The Kier molecular flexibility index (Phi) is 12.4. The van der Waals surface area contributed by atoms with E-state index in [4.69, 9.17) is 4.43 Å². The minimum atomic E-state index is -1.88. The van der Waals surface area contributed by atoms with Crippen LogP contribution in [0, 0.1) is 0 Å². The molecule has 0 atom stereocenters. The number of hydrogen-bond acceptors (Lipinski definition) is 1. The lowest BCUT2D eigenvalue weighted by atomic mass is 9.99. The van der Waals surface area contributed by atoms with Crippen molar-refractivity contribution in [3.63, 3.8) is 0 Å². The van der Waals surface area contributed by atoms with Gasteiger partial charge in [-0.1, -0.05) is 167 Å². The Morgan fingerprint density at radius 2 is 0.529 bits per heavy atom. The number of hydrogen-bond donors (Lipinski definition) is 0. The molecule has 1 nitrogen and oxygen atoms in total. The third kappa shape index (κ3) is 7.84. The summed E-state index contributed by atoms with van der Waals surface area (Å²) in [5.41, 5.74) is 2.94. The lowest BCUT2D eigenvalue weighted by Gasteiger charge is -2.52. The standard InChI is InChI=1S/C32H60OSi/c1-5-13-21-29(22-14-6-1)33-34(30-23-15-7-2-8-16-24-30,31-25-17-9-3-10-18-26-31)32-27-19-11-4-12-20-28-32/h29-32H,1-28H2. The molecule has 0 unspecified atom stereocenters. The molecule has 4 rings (SSSR count). The summed E-state index contributed by atoms with van der Waals surface area (Å²) < 4.78 is 8.06. The molecule has 4 fully saturated rings. The summed E-state index contributed by atoms with van der Waals surface area (Å²) in [6.07, 6.45) is 42.4. The fraction of sp³-hybridized carbons (Fsp3) is 1.00. The van der Waals surface area contributed by atoms with Crippen LogP contribution in [0.25, 0.3) is 0 Å². The van der Waals surface area contributed by atoms with Gasteiger partial charge in [0.25, 0.3) is 0 Å². The van der Waals surface area contributed by atoms with Gasteiger partial charge in [0.2, 0.25) is 8.32 Å². The molecular formula is C32H60OSi. The first kappa shape index (κ1) is 27.2. The lowest BCUT2D eigenvalue weighted by molar-refractivity contribution is 0.131. The fourth-order valence-electron chi connectivity index (χ4n) is 8.84. The first-order valence-corrected chi connectivity index (χ1v) is 18.7. The average Bonchev–Trinajstić information content (AvgIpc) is 2.74. The molecule has 0 N–H and O–H groups in total. The van der Waals surface area contributed by atoms with E-state index in [9.17, 15) is 0 Å². The Bertz CT molecular complexity index is 446. The van der Waals surface area contributed by atoms with Crippen LogP contribution in [0.5, 0.6) is 0 Å². The topological polar surface area (TPSA) is 9.23 Å². The molecule has 34 heavy (non-hydrogen) atoms. The first-order chi connectivity index (χ1) is 16.9. The molecule has 4 aliphatic carbocycles. The molecule has 0 spiro atoms. The van der Waals surface area contributed by atoms with Gasteiger partial charge in [-0.3, -0.25) is 0 Å². The van der Waals surface area contributed by atoms with E-state index in [0.717, 1.165) is 16.6 Å². The molecule has 0 aromatic rings. The second-order valence-corrected chi connectivity index (χ2v) is 17.5. The summed E-state index contributed by atoms with van der Waals surface area (Å²) in [5.74, 6) is 0. The molecule has 0 heterocycles. The maximum Gasteiger partial charge on any atom is 0.202 e. The van der Waals surface area contributed by atoms with Crippen molar-refractivity contribution in [2.75, 3.05) is 0 Å². The van der Waals surface area contributed by atoms with Gasteiger partial charge in [-0.05, 0) is 29.5 Å². The van der Waals surface area contributed by atoms with Crippen molar-refractivity contribution in [3.8, 4) is 0 Å². The summed E-state index contributed by atoms with van der Waals surface area (Å²) in [6.45, 7) is 0. The van der Waals surface area contributed by atoms with Crippen molar-refractivity contribution in [3.05, 3.63) is 0 Å². The summed E-state index contributed by atoms with van der Waals surface area (Å²) in [6, 6.07) is 0. The minimum Gasteiger partial charge on any atom is -0.413 e. The van der Waals surface area contributed by atoms with E-state index in [-0.39, 0.29) is 0 Å². The maximum absolute atomic E-state index is 8.06. The fourth-order valence-corrected chi connectivity index (χ4v) is 16.2. The summed E-state index contributed by atoms with van der Waals surface area (Å²) in [4.78, 5) is 0. The predicted molar refractivity (Wildman–Crippen MR) is 151 cm³/mol. The van der Waals surface area contributed by atoms with Crippen LogP contribution in [0.3, 0.4) is 0 Å². The molecule has 0 aromatic heterocycles. The van der Waals surface area contributed by atoms with E-state index in [1.54, 1.807) is 0 Å². The molecule has 4 saturated carbocycles. The Morgan fingerprint density at radius 3 is 0.824 bits per heavy atom. The van der Waals surface area contributed by atoms with Crippen LogP contribution in [0.1, 0.15) is 180 Å². The molecule has 4 aliphatic rings. The lowest BCUT2D eigenvalue weighted by Crippen LogP contribution is -2.55. The van der Waals surface area contributed by atoms with E-state index in [0.29, 0.717) is 6.10 Å². The molecule has 0 aromatic carbocycles. The second kappa shape index (κ2) is 15.4. The summed E-state index contributed by atoms with van der Waals surface area (Å²) in [7, 11) is -1.88. The molecule has 0 amide bonds. The molecular weight excluding hydrogens is 428 g/mol. The largest absolute Gasteiger partial charge is 0.413 e. The van der Waals surface area contributed by atoms with Gasteiger partial charge in [0.1, 0.15) is 0 Å². The average molecular weight is 489 g/mol. The molecule has 2 heteroatoms. The Hall–Kier alpha value is 0.177. The maximum atomic E-state index is 8.06. The van der Waals surface area contributed by atoms with Gasteiger partial charge in [0.15, 0.2) is 0 Å². The van der Waals surface area contributed by atoms with Gasteiger partial charge >= 0.3 is 0 Å². The zero-order valence-corrected chi connectivity index (χ0v) is 24.0. The van der Waals surface area contributed by atoms with Crippen molar-refractivity contribution in [1.82, 2.24) is 0 Å². The highest BCUT2D eigenvalue weighted by Crippen LogP contribution is 2.56. The van der Waals surface area contributed by atoms with Gasteiger partial charge in [-0.2, -0.15) is 0 Å². The quantitative estimate of drug-likeness (QED) is 0.349. The third-order valence-electron chi connectivity index (χ3n) is 10.7. The molecule has 0 saturated heterocycles. The van der Waals surface area contributed by atoms with E-state index in [1.807, 2.05) is 0 Å². The van der Waals surface area contributed by atoms with Crippen LogP contribution in [-0.4, -0.2) is 14.4 Å². The molecule has 0 bridgehead atoms. The van der Waals surface area contributed by atoms with Crippen LogP contribution in [-0.2, 0) is 4.43 Å². The molecule has 198 valence electrons. The molecule has 0 aliphatic heterocycles. The van der Waals surface area contributed by atoms with Crippen molar-refractivity contribution in [2.24, 2.45) is 0 Å². The number of rotatable bonds is 5. The van der Waals surface area contributed by atoms with Crippen LogP contribution >= 0.6 is 0 Å². The molecule has 0 radical (unpaired) electrons. The van der Waals surface area contributed by atoms with E-state index >= 15 is 0 Å². The SMILES string of the molecule is C1CCCC(O[Si](C2CCCCCCC2)(C2CCCCCCC2)C2CCCCCCC2)CCC1. The zero-order valence-electron chi connectivity index (χ0n) is 23.0. The van der Waals surface area contributed by atoms with Gasteiger partial charge in [-0.15, -0.1) is 0 Å². The van der Waals surface area contributed by atoms with Crippen molar-refractivity contribution < 1.29 is 4.43 Å². The van der Waals surface area contributed by atoms with Gasteiger partial charge in [0, 0.05) is 6.10 Å². The van der Waals surface area contributed by atoms with Crippen molar-refractivity contribution in [1.29, 1.82) is 0 Å². The van der Waals surface area contributed by atoms with Gasteiger partial charge < -0.3 is 4.43 Å². The van der Waals surface area contributed by atoms with Crippen LogP contribution in [0.15, 0.2) is 0 Å². The second-order valence-electron chi connectivity index (χ2n) is 13.1. The Morgan fingerprint density at radius 1 is 0.294 bits per heavy atom. The first-order valence-electron chi connectivity index (χ1n) is 16.6. The monoisotopic (exact) mass is 488 g/mol. The Balaban J connectivity index is 1.68. The van der Waals surface area contributed by atoms with Gasteiger partial charge in [0.05, 0.1) is 0 Å². The van der Waals surface area contributed by atoms with Gasteiger partial charge in [-0.25, -0.2) is 0 Å². The highest BCUT2D eigenvalue weighted by molar-refractivity contribution is 6.78. The predicted octanol–water partition coefficient (Wildman–Crippen LogP) is 11.4. The smallest absolute Gasteiger partial charge is 0.202 e. The highest BCUT2D eigenvalue weighted by Gasteiger charge is 2.54. The zero-order chi connectivity index (χ0) is 23.3. The normalized spacial score (nSPS) is 27.9. The van der Waals surface area contributed by atoms with E-state index in [2.05, 4.69) is 0 Å². The highest BCUT2D eigenvalue weighted by atomic mass is 28.4. The van der Waals surface area contributed by atoms with Crippen molar-refractivity contribution >= 4 is 8.32 Å². The van der Waals surface area contributed by atoms with E-state index < -0.39 is 8.32 Å².